The van der Waals surface area contributed by atoms with Crippen molar-refractivity contribution in [3.8, 4) is 0 Å². The third-order valence-corrected chi connectivity index (χ3v) is 2.84. The summed E-state index contributed by atoms with van der Waals surface area (Å²) in [5.41, 5.74) is 1.06. The van der Waals surface area contributed by atoms with Crippen LogP contribution < -0.4 is 5.32 Å². The van der Waals surface area contributed by atoms with Gasteiger partial charge >= 0.3 is 0 Å². The molecule has 0 aliphatic rings. The molecule has 1 heterocycles. The molecule has 84 valence electrons. The fourth-order valence-corrected chi connectivity index (χ4v) is 1.87. The highest BCUT2D eigenvalue weighted by Crippen LogP contribution is 2.15. The molecule has 0 spiro atoms. The first-order valence-corrected chi connectivity index (χ1v) is 6.76. The van der Waals surface area contributed by atoms with E-state index in [1.165, 1.54) is 0 Å². The molecule has 3 nitrogen and oxygen atoms in total. The van der Waals surface area contributed by atoms with Crippen molar-refractivity contribution < 1.29 is 0 Å². The van der Waals surface area contributed by atoms with Crippen molar-refractivity contribution in [3.63, 3.8) is 0 Å². The lowest BCUT2D eigenvalue weighted by Crippen LogP contribution is -2.23. The Hall–Kier alpha value is -0.610. The minimum absolute atomic E-state index is 0.353. The minimum atomic E-state index is 0.353. The molecule has 0 saturated heterocycles. The SMILES string of the molecule is CCCNC(CCSC)c1cnccn1. The van der Waals surface area contributed by atoms with Crippen LogP contribution in [0.5, 0.6) is 0 Å². The molecule has 0 amide bonds. The van der Waals surface area contributed by atoms with Crippen LogP contribution >= 0.6 is 11.8 Å². The van der Waals surface area contributed by atoms with Gasteiger partial charge in [0.2, 0.25) is 0 Å². The van der Waals surface area contributed by atoms with Crippen LogP contribution in [-0.2, 0) is 0 Å². The quantitative estimate of drug-likeness (QED) is 0.772. The average Bonchev–Trinajstić information content (AvgIpc) is 2.30. The highest BCUT2D eigenvalue weighted by Gasteiger charge is 2.10. The lowest BCUT2D eigenvalue weighted by molar-refractivity contribution is 0.508. The predicted molar refractivity (Wildman–Crippen MR) is 66.1 cm³/mol. The number of thioether (sulfide) groups is 1. The van der Waals surface area contributed by atoms with Crippen molar-refractivity contribution in [1.29, 1.82) is 0 Å². The van der Waals surface area contributed by atoms with Crippen LogP contribution in [0.25, 0.3) is 0 Å². The van der Waals surface area contributed by atoms with Crippen LogP contribution in [0.15, 0.2) is 18.6 Å². The lowest BCUT2D eigenvalue weighted by atomic mass is 10.1. The van der Waals surface area contributed by atoms with Crippen LogP contribution in [-0.4, -0.2) is 28.5 Å². The Morgan fingerprint density at radius 2 is 2.33 bits per heavy atom. The summed E-state index contributed by atoms with van der Waals surface area (Å²) in [6.07, 6.45) is 9.72. The van der Waals surface area contributed by atoms with Gasteiger partial charge in [-0.15, -0.1) is 0 Å². The fourth-order valence-electron chi connectivity index (χ4n) is 1.40. The highest BCUT2D eigenvalue weighted by molar-refractivity contribution is 7.98. The Bertz CT molecular complexity index is 245. The lowest BCUT2D eigenvalue weighted by Gasteiger charge is -2.16. The Kier molecular flexibility index (Phi) is 6.36. The summed E-state index contributed by atoms with van der Waals surface area (Å²) in [6.45, 7) is 3.21. The molecule has 15 heavy (non-hydrogen) atoms. The van der Waals surface area contributed by atoms with E-state index >= 15 is 0 Å². The van der Waals surface area contributed by atoms with Crippen molar-refractivity contribution in [2.75, 3.05) is 18.6 Å². The third-order valence-electron chi connectivity index (χ3n) is 2.19. The highest BCUT2D eigenvalue weighted by atomic mass is 32.2. The molecule has 1 atom stereocenters. The summed E-state index contributed by atoms with van der Waals surface area (Å²) in [4.78, 5) is 8.46. The maximum Gasteiger partial charge on any atom is 0.0756 e. The summed E-state index contributed by atoms with van der Waals surface area (Å²) in [5.74, 6) is 1.15. The van der Waals surface area contributed by atoms with Gasteiger partial charge < -0.3 is 5.32 Å². The van der Waals surface area contributed by atoms with Crippen LogP contribution in [0.1, 0.15) is 31.5 Å². The first kappa shape index (κ1) is 12.5. The summed E-state index contributed by atoms with van der Waals surface area (Å²) >= 11 is 1.87. The molecule has 1 N–H and O–H groups in total. The molecule has 1 aromatic heterocycles. The monoisotopic (exact) mass is 225 g/mol. The molecule has 0 fully saturated rings. The van der Waals surface area contributed by atoms with Crippen LogP contribution in [0, 0.1) is 0 Å². The average molecular weight is 225 g/mol. The van der Waals surface area contributed by atoms with E-state index in [1.807, 2.05) is 18.0 Å². The zero-order valence-corrected chi connectivity index (χ0v) is 10.3. The van der Waals surface area contributed by atoms with Gasteiger partial charge in [0, 0.05) is 18.6 Å². The molecule has 0 saturated carbocycles. The van der Waals surface area contributed by atoms with Crippen LogP contribution in [0.2, 0.25) is 0 Å². The van der Waals surface area contributed by atoms with E-state index < -0.39 is 0 Å². The van der Waals surface area contributed by atoms with Crippen molar-refractivity contribution in [2.45, 2.75) is 25.8 Å². The third kappa shape index (κ3) is 4.62. The summed E-state index contributed by atoms with van der Waals surface area (Å²) in [7, 11) is 0. The van der Waals surface area contributed by atoms with E-state index in [2.05, 4.69) is 28.5 Å². The normalized spacial score (nSPS) is 12.7. The van der Waals surface area contributed by atoms with Crippen LogP contribution in [0.4, 0.5) is 0 Å². The number of hydrogen-bond donors (Lipinski definition) is 1. The molecule has 1 rings (SSSR count). The molecule has 0 aromatic carbocycles. The summed E-state index contributed by atoms with van der Waals surface area (Å²) in [6, 6.07) is 0.353. The molecule has 0 bridgehead atoms. The van der Waals surface area contributed by atoms with Crippen molar-refractivity contribution in [1.82, 2.24) is 15.3 Å². The molecule has 4 heteroatoms. The van der Waals surface area contributed by atoms with E-state index in [1.54, 1.807) is 12.4 Å². The molecular formula is C11H19N3S. The van der Waals surface area contributed by atoms with Gasteiger partial charge in [0.1, 0.15) is 0 Å². The van der Waals surface area contributed by atoms with E-state index in [-0.39, 0.29) is 0 Å². The van der Waals surface area contributed by atoms with Gasteiger partial charge in [-0.3, -0.25) is 9.97 Å². The topological polar surface area (TPSA) is 37.8 Å². The van der Waals surface area contributed by atoms with Gasteiger partial charge in [-0.2, -0.15) is 11.8 Å². The summed E-state index contributed by atoms with van der Waals surface area (Å²) in [5, 5.41) is 3.50. The first-order chi connectivity index (χ1) is 7.38. The molecule has 0 radical (unpaired) electrons. The number of nitrogens with one attached hydrogen (secondary N) is 1. The second-order valence-corrected chi connectivity index (χ2v) is 4.40. The van der Waals surface area contributed by atoms with E-state index in [0.717, 1.165) is 30.8 Å². The Morgan fingerprint density at radius 1 is 1.47 bits per heavy atom. The zero-order valence-electron chi connectivity index (χ0n) is 9.44. The van der Waals surface area contributed by atoms with E-state index in [4.69, 9.17) is 0 Å². The zero-order chi connectivity index (χ0) is 10.9. The molecule has 0 aliphatic carbocycles. The van der Waals surface area contributed by atoms with Gasteiger partial charge in [0.05, 0.1) is 11.7 Å². The number of aromatic nitrogens is 2. The van der Waals surface area contributed by atoms with Crippen molar-refractivity contribution in [2.24, 2.45) is 0 Å². The predicted octanol–water partition coefficient (Wildman–Crippen LogP) is 2.27. The minimum Gasteiger partial charge on any atom is -0.309 e. The maximum absolute atomic E-state index is 4.35. The number of hydrogen-bond acceptors (Lipinski definition) is 4. The maximum atomic E-state index is 4.35. The molecule has 1 aromatic rings. The molecule has 0 aliphatic heterocycles. The van der Waals surface area contributed by atoms with Gasteiger partial charge in [0.15, 0.2) is 0 Å². The van der Waals surface area contributed by atoms with Gasteiger partial charge in [-0.25, -0.2) is 0 Å². The largest absolute Gasteiger partial charge is 0.309 e. The van der Waals surface area contributed by atoms with Gasteiger partial charge in [0.25, 0.3) is 0 Å². The number of rotatable bonds is 7. The molecular weight excluding hydrogens is 206 g/mol. The fraction of sp³-hybridized carbons (Fsp3) is 0.636. The van der Waals surface area contributed by atoms with Gasteiger partial charge in [-0.05, 0) is 31.4 Å². The second-order valence-electron chi connectivity index (χ2n) is 3.42. The number of nitrogens with zero attached hydrogens (tertiary/aromatic N) is 2. The smallest absolute Gasteiger partial charge is 0.0756 e. The van der Waals surface area contributed by atoms with Crippen molar-refractivity contribution in [3.05, 3.63) is 24.3 Å². The summed E-state index contributed by atoms with van der Waals surface area (Å²) < 4.78 is 0. The Morgan fingerprint density at radius 3 is 2.93 bits per heavy atom. The first-order valence-electron chi connectivity index (χ1n) is 5.36. The standard InChI is InChI=1S/C11H19N3S/c1-3-5-13-10(4-8-15-2)11-9-12-6-7-14-11/h6-7,9-10,13H,3-5,8H2,1-2H3. The second kappa shape index (κ2) is 7.65. The van der Waals surface area contributed by atoms with Crippen molar-refractivity contribution >= 4 is 11.8 Å². The van der Waals surface area contributed by atoms with E-state index in [0.29, 0.717) is 6.04 Å². The Labute approximate surface area is 96.1 Å². The molecule has 1 unspecified atom stereocenters. The van der Waals surface area contributed by atoms with Crippen LogP contribution in [0.3, 0.4) is 0 Å². The Balaban J connectivity index is 2.55. The van der Waals surface area contributed by atoms with E-state index in [9.17, 15) is 0 Å². The van der Waals surface area contributed by atoms with Gasteiger partial charge in [-0.1, -0.05) is 6.92 Å².